The van der Waals surface area contributed by atoms with Gasteiger partial charge >= 0.3 is 6.03 Å². The molecule has 2 fully saturated rings. The molecule has 160 valence electrons. The topological polar surface area (TPSA) is 64.7 Å². The molecule has 0 bridgehead atoms. The van der Waals surface area contributed by atoms with Gasteiger partial charge in [-0.3, -0.25) is 9.69 Å². The van der Waals surface area contributed by atoms with E-state index in [0.717, 1.165) is 17.1 Å². The number of piperidine rings is 1. The van der Waals surface area contributed by atoms with Gasteiger partial charge < -0.3 is 15.5 Å². The smallest absolute Gasteiger partial charge is 0.319 e. The highest BCUT2D eigenvalue weighted by molar-refractivity contribution is 7.99. The molecule has 9 heteroatoms. The SMILES string of the molecule is Cc1cccc(C(=O)N2CCSCC2)c1NC(=O)NC1CCN(CC(F)F)CC1. The third kappa shape index (κ3) is 6.05. The lowest BCUT2D eigenvalue weighted by Crippen LogP contribution is -2.47. The Balaban J connectivity index is 1.59. The van der Waals surface area contributed by atoms with Crippen LogP contribution in [0.15, 0.2) is 18.2 Å². The predicted molar refractivity (Wildman–Crippen MR) is 112 cm³/mol. The molecule has 29 heavy (non-hydrogen) atoms. The van der Waals surface area contributed by atoms with Crippen LogP contribution in [-0.4, -0.2) is 78.4 Å². The van der Waals surface area contributed by atoms with Gasteiger partial charge in [-0.15, -0.1) is 0 Å². The van der Waals surface area contributed by atoms with Gasteiger partial charge in [0.1, 0.15) is 0 Å². The van der Waals surface area contributed by atoms with Gasteiger partial charge in [-0.1, -0.05) is 12.1 Å². The number of carbonyl (C=O) groups excluding carboxylic acids is 2. The van der Waals surface area contributed by atoms with Gasteiger partial charge in [0.05, 0.1) is 17.8 Å². The number of nitrogens with one attached hydrogen (secondary N) is 2. The number of likely N-dealkylation sites (tertiary alicyclic amines) is 1. The average Bonchev–Trinajstić information content (AvgIpc) is 2.71. The maximum Gasteiger partial charge on any atom is 0.319 e. The second-order valence-electron chi connectivity index (χ2n) is 7.47. The number of hydrogen-bond donors (Lipinski definition) is 2. The molecule has 1 aromatic rings. The number of rotatable bonds is 5. The maximum atomic E-state index is 12.9. The molecule has 0 spiro atoms. The molecule has 3 rings (SSSR count). The van der Waals surface area contributed by atoms with Crippen LogP contribution in [-0.2, 0) is 0 Å². The fraction of sp³-hybridized carbons (Fsp3) is 0.600. The molecule has 3 amide bonds. The van der Waals surface area contributed by atoms with E-state index in [1.54, 1.807) is 11.0 Å². The van der Waals surface area contributed by atoms with Gasteiger partial charge in [0.2, 0.25) is 0 Å². The second kappa shape index (κ2) is 10.2. The number of thioether (sulfide) groups is 1. The first-order valence-corrected chi connectivity index (χ1v) is 11.1. The van der Waals surface area contributed by atoms with E-state index in [1.165, 1.54) is 0 Å². The van der Waals surface area contributed by atoms with E-state index in [-0.39, 0.29) is 24.5 Å². The summed E-state index contributed by atoms with van der Waals surface area (Å²) < 4.78 is 25.0. The number of anilines is 1. The Bertz CT molecular complexity index is 720. The summed E-state index contributed by atoms with van der Waals surface area (Å²) >= 11 is 1.83. The molecular weight excluding hydrogens is 398 g/mol. The van der Waals surface area contributed by atoms with E-state index < -0.39 is 6.43 Å². The lowest BCUT2D eigenvalue weighted by atomic mass is 10.0. The van der Waals surface area contributed by atoms with Crippen LogP contribution in [0.25, 0.3) is 0 Å². The largest absolute Gasteiger partial charge is 0.337 e. The average molecular weight is 427 g/mol. The van der Waals surface area contributed by atoms with Gasteiger partial charge in [-0.2, -0.15) is 11.8 Å². The van der Waals surface area contributed by atoms with Crippen molar-refractivity contribution >= 4 is 29.4 Å². The Morgan fingerprint density at radius 2 is 1.86 bits per heavy atom. The lowest BCUT2D eigenvalue weighted by molar-refractivity contribution is 0.0738. The van der Waals surface area contributed by atoms with Crippen LogP contribution in [0.3, 0.4) is 0 Å². The number of aryl methyl sites for hydroxylation is 1. The highest BCUT2D eigenvalue weighted by Crippen LogP contribution is 2.24. The van der Waals surface area contributed by atoms with E-state index in [1.807, 2.05) is 35.7 Å². The summed E-state index contributed by atoms with van der Waals surface area (Å²) in [6.45, 7) is 4.14. The number of amides is 3. The third-order valence-corrected chi connectivity index (χ3v) is 6.30. The Morgan fingerprint density at radius 3 is 2.52 bits per heavy atom. The van der Waals surface area contributed by atoms with E-state index in [0.29, 0.717) is 50.3 Å². The van der Waals surface area contributed by atoms with Crippen LogP contribution in [0, 0.1) is 6.92 Å². The van der Waals surface area contributed by atoms with Crippen molar-refractivity contribution in [2.75, 3.05) is 49.5 Å². The molecule has 1 aromatic carbocycles. The van der Waals surface area contributed by atoms with Crippen LogP contribution in [0.2, 0.25) is 0 Å². The fourth-order valence-corrected chi connectivity index (χ4v) is 4.64. The minimum Gasteiger partial charge on any atom is -0.337 e. The molecule has 2 saturated heterocycles. The minimum atomic E-state index is -2.33. The normalized spacial score (nSPS) is 18.7. The highest BCUT2D eigenvalue weighted by Gasteiger charge is 2.25. The summed E-state index contributed by atoms with van der Waals surface area (Å²) in [4.78, 5) is 29.1. The van der Waals surface area contributed by atoms with E-state index in [2.05, 4.69) is 10.6 Å². The molecule has 0 unspecified atom stereocenters. The van der Waals surface area contributed by atoms with Crippen molar-refractivity contribution in [2.24, 2.45) is 0 Å². The molecule has 2 heterocycles. The highest BCUT2D eigenvalue weighted by atomic mass is 32.2. The Morgan fingerprint density at radius 1 is 1.17 bits per heavy atom. The maximum absolute atomic E-state index is 12.9. The zero-order chi connectivity index (χ0) is 20.8. The molecule has 0 aliphatic carbocycles. The minimum absolute atomic E-state index is 0.0637. The summed E-state index contributed by atoms with van der Waals surface area (Å²) in [5.74, 6) is 1.78. The second-order valence-corrected chi connectivity index (χ2v) is 8.69. The monoisotopic (exact) mass is 426 g/mol. The van der Waals surface area contributed by atoms with Crippen molar-refractivity contribution in [2.45, 2.75) is 32.2 Å². The van der Waals surface area contributed by atoms with Gasteiger partial charge in [0, 0.05) is 43.7 Å². The molecular formula is C20H28F2N4O2S. The standard InChI is InChI=1S/C20H28F2N4O2S/c1-14-3-2-4-16(19(27)26-9-11-29-12-10-26)18(14)24-20(28)23-15-5-7-25(8-6-15)13-17(21)22/h2-4,15,17H,5-13H2,1H3,(H2,23,24,28). The zero-order valence-corrected chi connectivity index (χ0v) is 17.4. The van der Waals surface area contributed by atoms with Gasteiger partial charge in [-0.05, 0) is 31.4 Å². The van der Waals surface area contributed by atoms with Crippen LogP contribution in [0.1, 0.15) is 28.8 Å². The first-order valence-electron chi connectivity index (χ1n) is 9.98. The number of nitrogens with zero attached hydrogens (tertiary/aromatic N) is 2. The quantitative estimate of drug-likeness (QED) is 0.760. The van der Waals surface area contributed by atoms with Gasteiger partial charge in [0.25, 0.3) is 12.3 Å². The van der Waals surface area contributed by atoms with Crippen molar-refractivity contribution in [1.82, 2.24) is 15.1 Å². The Kier molecular flexibility index (Phi) is 7.71. The molecule has 0 radical (unpaired) electrons. The third-order valence-electron chi connectivity index (χ3n) is 5.36. The summed E-state index contributed by atoms with van der Waals surface area (Å²) in [5, 5.41) is 5.77. The number of para-hydroxylation sites is 1. The molecule has 2 N–H and O–H groups in total. The first kappa shape index (κ1) is 21.8. The Labute approximate surface area is 174 Å². The fourth-order valence-electron chi connectivity index (χ4n) is 3.74. The number of alkyl halides is 2. The van der Waals surface area contributed by atoms with Crippen molar-refractivity contribution in [3.63, 3.8) is 0 Å². The molecule has 0 aromatic heterocycles. The number of hydrogen-bond acceptors (Lipinski definition) is 4. The van der Waals surface area contributed by atoms with Crippen molar-refractivity contribution in [3.8, 4) is 0 Å². The molecule has 0 saturated carbocycles. The zero-order valence-electron chi connectivity index (χ0n) is 16.6. The van der Waals surface area contributed by atoms with Crippen molar-refractivity contribution in [1.29, 1.82) is 0 Å². The predicted octanol–water partition coefficient (Wildman–Crippen LogP) is 3.04. The summed E-state index contributed by atoms with van der Waals surface area (Å²) in [7, 11) is 0. The van der Waals surface area contributed by atoms with Gasteiger partial charge in [0.15, 0.2) is 0 Å². The number of urea groups is 1. The van der Waals surface area contributed by atoms with E-state index in [9.17, 15) is 18.4 Å². The van der Waals surface area contributed by atoms with Crippen molar-refractivity contribution < 1.29 is 18.4 Å². The summed E-state index contributed by atoms with van der Waals surface area (Å²) in [6.07, 6.45) is -1.07. The number of carbonyl (C=O) groups is 2. The molecule has 6 nitrogen and oxygen atoms in total. The summed E-state index contributed by atoms with van der Waals surface area (Å²) in [5.41, 5.74) is 1.85. The van der Waals surface area contributed by atoms with Crippen LogP contribution >= 0.6 is 11.8 Å². The van der Waals surface area contributed by atoms with E-state index >= 15 is 0 Å². The molecule has 2 aliphatic heterocycles. The number of halogens is 2. The summed E-state index contributed by atoms with van der Waals surface area (Å²) in [6, 6.07) is 5.00. The van der Waals surface area contributed by atoms with Crippen LogP contribution < -0.4 is 10.6 Å². The van der Waals surface area contributed by atoms with Crippen molar-refractivity contribution in [3.05, 3.63) is 29.3 Å². The first-order chi connectivity index (χ1) is 13.9. The lowest BCUT2D eigenvalue weighted by Gasteiger charge is -2.32. The van der Waals surface area contributed by atoms with E-state index in [4.69, 9.17) is 0 Å². The van der Waals surface area contributed by atoms with Crippen LogP contribution in [0.4, 0.5) is 19.3 Å². The molecule has 2 aliphatic rings. The molecule has 0 atom stereocenters. The number of benzene rings is 1. The Hall–Kier alpha value is -1.87. The van der Waals surface area contributed by atoms with Crippen LogP contribution in [0.5, 0.6) is 0 Å². The van der Waals surface area contributed by atoms with Gasteiger partial charge in [-0.25, -0.2) is 13.6 Å².